The zero-order valence-electron chi connectivity index (χ0n) is 11.6. The van der Waals surface area contributed by atoms with E-state index in [1.807, 2.05) is 13.8 Å². The van der Waals surface area contributed by atoms with Crippen LogP contribution in [0.4, 0.5) is 0 Å². The SMILES string of the molecule is CC(CNCCC(C)(C)C#N)CN1CCCC1. The summed E-state index contributed by atoms with van der Waals surface area (Å²) < 4.78 is 0. The van der Waals surface area contributed by atoms with Crippen molar-refractivity contribution in [2.24, 2.45) is 11.3 Å². The van der Waals surface area contributed by atoms with E-state index in [9.17, 15) is 0 Å². The first-order valence-electron chi connectivity index (χ1n) is 6.88. The lowest BCUT2D eigenvalue weighted by atomic mass is 9.91. The number of likely N-dealkylation sites (tertiary alicyclic amines) is 1. The van der Waals surface area contributed by atoms with Crippen LogP contribution < -0.4 is 5.32 Å². The zero-order chi connectivity index (χ0) is 12.7. The molecule has 1 heterocycles. The summed E-state index contributed by atoms with van der Waals surface area (Å²) in [7, 11) is 0. The van der Waals surface area contributed by atoms with Crippen LogP contribution >= 0.6 is 0 Å². The average Bonchev–Trinajstić information content (AvgIpc) is 2.77. The monoisotopic (exact) mass is 237 g/mol. The zero-order valence-corrected chi connectivity index (χ0v) is 11.6. The second-order valence-corrected chi connectivity index (χ2v) is 6.06. The predicted molar refractivity (Wildman–Crippen MR) is 71.7 cm³/mol. The molecule has 1 N–H and O–H groups in total. The highest BCUT2D eigenvalue weighted by Crippen LogP contribution is 2.17. The Labute approximate surface area is 106 Å². The second-order valence-electron chi connectivity index (χ2n) is 6.06. The molecule has 3 nitrogen and oxygen atoms in total. The van der Waals surface area contributed by atoms with Crippen molar-refractivity contribution in [3.8, 4) is 6.07 Å². The van der Waals surface area contributed by atoms with E-state index in [4.69, 9.17) is 5.26 Å². The molecule has 1 saturated heterocycles. The van der Waals surface area contributed by atoms with E-state index in [1.54, 1.807) is 0 Å². The van der Waals surface area contributed by atoms with Crippen molar-refractivity contribution in [3.63, 3.8) is 0 Å². The summed E-state index contributed by atoms with van der Waals surface area (Å²) in [5.41, 5.74) is -0.189. The lowest BCUT2D eigenvalue weighted by Gasteiger charge is -2.21. The van der Waals surface area contributed by atoms with Crippen molar-refractivity contribution in [2.45, 2.75) is 40.0 Å². The van der Waals surface area contributed by atoms with E-state index >= 15 is 0 Å². The molecule has 0 amide bonds. The Kier molecular flexibility index (Phi) is 5.94. The van der Waals surface area contributed by atoms with Crippen LogP contribution in [0.25, 0.3) is 0 Å². The van der Waals surface area contributed by atoms with E-state index in [1.165, 1.54) is 32.5 Å². The van der Waals surface area contributed by atoms with Crippen molar-refractivity contribution in [3.05, 3.63) is 0 Å². The molecule has 98 valence electrons. The molecule has 1 rings (SSSR count). The van der Waals surface area contributed by atoms with Crippen molar-refractivity contribution in [2.75, 3.05) is 32.7 Å². The first-order valence-corrected chi connectivity index (χ1v) is 6.88. The molecule has 0 radical (unpaired) electrons. The molecule has 17 heavy (non-hydrogen) atoms. The second kappa shape index (κ2) is 6.98. The number of hydrogen-bond acceptors (Lipinski definition) is 3. The van der Waals surface area contributed by atoms with Crippen molar-refractivity contribution in [1.82, 2.24) is 10.2 Å². The van der Waals surface area contributed by atoms with E-state index in [-0.39, 0.29) is 5.41 Å². The van der Waals surface area contributed by atoms with E-state index in [2.05, 4.69) is 23.2 Å². The Morgan fingerprint density at radius 3 is 2.59 bits per heavy atom. The third-order valence-electron chi connectivity index (χ3n) is 3.49. The van der Waals surface area contributed by atoms with Gasteiger partial charge in [0.05, 0.1) is 11.5 Å². The van der Waals surface area contributed by atoms with Gasteiger partial charge in [-0.25, -0.2) is 0 Å². The molecule has 1 aliphatic rings. The van der Waals surface area contributed by atoms with Gasteiger partial charge in [-0.2, -0.15) is 5.26 Å². The fourth-order valence-electron chi connectivity index (χ4n) is 2.28. The largest absolute Gasteiger partial charge is 0.316 e. The molecule has 0 saturated carbocycles. The van der Waals surface area contributed by atoms with Gasteiger partial charge in [0, 0.05) is 6.54 Å². The molecule has 1 fully saturated rings. The maximum atomic E-state index is 8.91. The van der Waals surface area contributed by atoms with E-state index in [0.29, 0.717) is 5.92 Å². The summed E-state index contributed by atoms with van der Waals surface area (Å²) in [5, 5.41) is 12.4. The van der Waals surface area contributed by atoms with Crippen LogP contribution in [0, 0.1) is 22.7 Å². The van der Waals surface area contributed by atoms with Gasteiger partial charge in [0.1, 0.15) is 0 Å². The van der Waals surface area contributed by atoms with Crippen molar-refractivity contribution >= 4 is 0 Å². The number of nitrogens with one attached hydrogen (secondary N) is 1. The Bertz CT molecular complexity index is 249. The number of rotatable bonds is 7. The summed E-state index contributed by atoms with van der Waals surface area (Å²) in [4.78, 5) is 2.56. The fraction of sp³-hybridized carbons (Fsp3) is 0.929. The smallest absolute Gasteiger partial charge is 0.0684 e. The Morgan fingerprint density at radius 1 is 1.35 bits per heavy atom. The summed E-state index contributed by atoms with van der Waals surface area (Å²) >= 11 is 0. The van der Waals surface area contributed by atoms with Gasteiger partial charge in [-0.1, -0.05) is 6.92 Å². The maximum absolute atomic E-state index is 8.91. The topological polar surface area (TPSA) is 39.1 Å². The highest BCUT2D eigenvalue weighted by Gasteiger charge is 2.17. The van der Waals surface area contributed by atoms with Gasteiger partial charge in [0.25, 0.3) is 0 Å². The highest BCUT2D eigenvalue weighted by molar-refractivity contribution is 4.91. The van der Waals surface area contributed by atoms with Crippen LogP contribution in [-0.2, 0) is 0 Å². The first kappa shape index (κ1) is 14.5. The molecule has 0 aliphatic carbocycles. The summed E-state index contributed by atoms with van der Waals surface area (Å²) in [6.45, 7) is 12.1. The van der Waals surface area contributed by atoms with E-state index < -0.39 is 0 Å². The van der Waals surface area contributed by atoms with Gasteiger partial charge >= 0.3 is 0 Å². The van der Waals surface area contributed by atoms with E-state index in [0.717, 1.165) is 19.5 Å². The minimum absolute atomic E-state index is 0.189. The molecule has 3 heteroatoms. The molecule has 0 bridgehead atoms. The highest BCUT2D eigenvalue weighted by atomic mass is 15.1. The predicted octanol–water partition coefficient (Wildman–Crippen LogP) is 2.25. The quantitative estimate of drug-likeness (QED) is 0.690. The van der Waals surface area contributed by atoms with Crippen LogP contribution in [0.3, 0.4) is 0 Å². The molecular weight excluding hydrogens is 210 g/mol. The van der Waals surface area contributed by atoms with Gasteiger partial charge in [-0.3, -0.25) is 0 Å². The van der Waals surface area contributed by atoms with Gasteiger partial charge in [-0.05, 0) is 65.2 Å². The van der Waals surface area contributed by atoms with Crippen molar-refractivity contribution < 1.29 is 0 Å². The molecule has 1 unspecified atom stereocenters. The molecule has 1 atom stereocenters. The summed E-state index contributed by atoms with van der Waals surface area (Å²) in [6, 6.07) is 2.34. The number of nitrogens with zero attached hydrogens (tertiary/aromatic N) is 2. The molecule has 1 aliphatic heterocycles. The fourth-order valence-corrected chi connectivity index (χ4v) is 2.28. The summed E-state index contributed by atoms with van der Waals surface area (Å²) in [6.07, 6.45) is 3.67. The van der Waals surface area contributed by atoms with Crippen LogP contribution in [0.5, 0.6) is 0 Å². The van der Waals surface area contributed by atoms with Crippen LogP contribution in [0.2, 0.25) is 0 Å². The van der Waals surface area contributed by atoms with Gasteiger partial charge in [-0.15, -0.1) is 0 Å². The maximum Gasteiger partial charge on any atom is 0.0684 e. The molecule has 0 aromatic carbocycles. The Balaban J connectivity index is 2.04. The minimum Gasteiger partial charge on any atom is -0.316 e. The Morgan fingerprint density at radius 2 is 2.00 bits per heavy atom. The number of hydrogen-bond donors (Lipinski definition) is 1. The summed E-state index contributed by atoms with van der Waals surface area (Å²) in [5.74, 6) is 0.707. The van der Waals surface area contributed by atoms with Gasteiger partial charge in [0.2, 0.25) is 0 Å². The van der Waals surface area contributed by atoms with Gasteiger partial charge < -0.3 is 10.2 Å². The standard InChI is InChI=1S/C14H27N3/c1-13(11-17-8-4-5-9-17)10-16-7-6-14(2,3)12-15/h13,16H,4-11H2,1-3H3. The molecule has 0 spiro atoms. The normalized spacial score (nSPS) is 19.2. The molecule has 0 aromatic rings. The third-order valence-corrected chi connectivity index (χ3v) is 3.49. The number of nitriles is 1. The average molecular weight is 237 g/mol. The van der Waals surface area contributed by atoms with Crippen LogP contribution in [-0.4, -0.2) is 37.6 Å². The van der Waals surface area contributed by atoms with Gasteiger partial charge in [0.15, 0.2) is 0 Å². The molecular formula is C14H27N3. The Hall–Kier alpha value is -0.590. The van der Waals surface area contributed by atoms with Crippen LogP contribution in [0.15, 0.2) is 0 Å². The first-order chi connectivity index (χ1) is 8.03. The molecule has 0 aromatic heterocycles. The third kappa shape index (κ3) is 6.05. The van der Waals surface area contributed by atoms with Crippen molar-refractivity contribution in [1.29, 1.82) is 5.26 Å². The minimum atomic E-state index is -0.189. The lowest BCUT2D eigenvalue weighted by Crippen LogP contribution is -2.32. The van der Waals surface area contributed by atoms with Crippen LogP contribution in [0.1, 0.15) is 40.0 Å². The lowest BCUT2D eigenvalue weighted by molar-refractivity contribution is 0.281.